The van der Waals surface area contributed by atoms with Crippen LogP contribution in [-0.2, 0) is 4.79 Å². The Morgan fingerprint density at radius 2 is 1.95 bits per heavy atom. The third-order valence-corrected chi connectivity index (χ3v) is 9.12. The molecule has 0 aliphatic carbocycles. The molecule has 6 atom stereocenters. The van der Waals surface area contributed by atoms with Crippen LogP contribution in [0.4, 0.5) is 11.4 Å². The van der Waals surface area contributed by atoms with Gasteiger partial charge in [0.05, 0.1) is 30.4 Å². The minimum Gasteiger partial charge on any atom is -0.389 e. The van der Waals surface area contributed by atoms with Crippen LogP contribution in [0.25, 0.3) is 0 Å². The van der Waals surface area contributed by atoms with Crippen LogP contribution in [0.1, 0.15) is 39.0 Å². The lowest BCUT2D eigenvalue weighted by atomic mass is 9.85. The monoisotopic (exact) mass is 524 g/mol. The smallest absolute Gasteiger partial charge is 0.244 e. The Labute approximate surface area is 226 Å². The van der Waals surface area contributed by atoms with Crippen LogP contribution in [0, 0.1) is 5.92 Å². The van der Waals surface area contributed by atoms with Crippen LogP contribution in [0.5, 0.6) is 0 Å². The average molecular weight is 525 g/mol. The number of carbonyl (C=O) groups is 1. The Morgan fingerprint density at radius 3 is 2.79 bits per heavy atom. The summed E-state index contributed by atoms with van der Waals surface area (Å²) in [5, 5.41) is 30.0. The Morgan fingerprint density at radius 1 is 1.11 bits per heavy atom. The average Bonchev–Trinajstić information content (AvgIpc) is 3.19. The van der Waals surface area contributed by atoms with Crippen molar-refractivity contribution in [1.29, 1.82) is 0 Å². The summed E-state index contributed by atoms with van der Waals surface area (Å²) < 4.78 is 0. The maximum Gasteiger partial charge on any atom is 0.244 e. The number of piperidine rings is 1. The molecule has 5 aliphatic rings. The summed E-state index contributed by atoms with van der Waals surface area (Å²) in [4.78, 5) is 18.4. The first kappa shape index (κ1) is 26.0. The van der Waals surface area contributed by atoms with Gasteiger partial charge in [-0.1, -0.05) is 18.2 Å². The highest BCUT2D eigenvalue weighted by atomic mass is 16.3. The van der Waals surface area contributed by atoms with E-state index in [1.165, 1.54) is 5.69 Å². The number of amides is 1. The fraction of sp³-hybridized carbons (Fsp3) is 0.679. The van der Waals surface area contributed by atoms with Gasteiger partial charge in [-0.25, -0.2) is 0 Å². The molecular formula is C28H44N8O2. The maximum atomic E-state index is 13.6. The molecule has 5 N–H and O–H groups in total. The van der Waals surface area contributed by atoms with E-state index in [9.17, 15) is 9.90 Å². The summed E-state index contributed by atoms with van der Waals surface area (Å²) in [5.41, 5.74) is 1.52. The number of hydrogen-bond acceptors (Lipinski definition) is 9. The summed E-state index contributed by atoms with van der Waals surface area (Å²) >= 11 is 0. The largest absolute Gasteiger partial charge is 0.389 e. The topological polar surface area (TPSA) is 98.4 Å². The lowest BCUT2D eigenvalue weighted by molar-refractivity contribution is -0.146. The summed E-state index contributed by atoms with van der Waals surface area (Å²) in [6.07, 6.45) is 8.36. The van der Waals surface area contributed by atoms with Crippen molar-refractivity contribution in [2.45, 2.75) is 69.3 Å². The number of hydrogen-bond donors (Lipinski definition) is 5. The van der Waals surface area contributed by atoms with Crippen molar-refractivity contribution in [3.63, 3.8) is 0 Å². The third-order valence-electron chi connectivity index (χ3n) is 9.12. The first-order valence-electron chi connectivity index (χ1n) is 14.4. The molecule has 0 radical (unpaired) electrons. The molecule has 5 unspecified atom stereocenters. The van der Waals surface area contributed by atoms with Crippen molar-refractivity contribution >= 4 is 17.3 Å². The Balaban J connectivity index is 1.19. The Kier molecular flexibility index (Phi) is 7.36. The SMILES string of the molecule is CN1CCN(c2cccc(NC3NCC4C(=O)N5C/C=C\CC[C@@](C)(O)C6CCCC(N6)N5C4N3)c2)CC1. The van der Waals surface area contributed by atoms with Crippen LogP contribution in [0.3, 0.4) is 0 Å². The van der Waals surface area contributed by atoms with E-state index >= 15 is 0 Å². The minimum atomic E-state index is -0.776. The first-order chi connectivity index (χ1) is 18.4. The number of anilines is 2. The number of likely N-dealkylation sites (N-methyl/N-ethyl adjacent to an activating group) is 1. The zero-order chi connectivity index (χ0) is 26.3. The zero-order valence-electron chi connectivity index (χ0n) is 22.8. The second kappa shape index (κ2) is 10.7. The van der Waals surface area contributed by atoms with Crippen molar-refractivity contribution in [2.75, 3.05) is 56.5 Å². The van der Waals surface area contributed by atoms with Crippen LogP contribution < -0.4 is 26.2 Å². The number of nitrogens with one attached hydrogen (secondary N) is 4. The van der Waals surface area contributed by atoms with Crippen LogP contribution in [-0.4, -0.2) is 103 Å². The van der Waals surface area contributed by atoms with Crippen LogP contribution >= 0.6 is 0 Å². The molecule has 4 fully saturated rings. The highest BCUT2D eigenvalue weighted by Crippen LogP contribution is 2.34. The van der Waals surface area contributed by atoms with Gasteiger partial charge < -0.3 is 20.2 Å². The van der Waals surface area contributed by atoms with E-state index in [1.54, 1.807) is 0 Å². The Bertz CT molecular complexity index is 1030. The van der Waals surface area contributed by atoms with Crippen molar-refractivity contribution in [2.24, 2.45) is 5.92 Å². The van der Waals surface area contributed by atoms with Gasteiger partial charge in [-0.3, -0.25) is 25.8 Å². The van der Waals surface area contributed by atoms with Crippen molar-refractivity contribution in [3.05, 3.63) is 36.4 Å². The van der Waals surface area contributed by atoms with E-state index in [0.29, 0.717) is 13.1 Å². The number of carbonyl (C=O) groups excluding carboxylic acids is 1. The molecule has 208 valence electrons. The van der Waals surface area contributed by atoms with Gasteiger partial charge in [0.25, 0.3) is 0 Å². The summed E-state index contributed by atoms with van der Waals surface area (Å²) in [7, 11) is 2.18. The van der Waals surface area contributed by atoms with Gasteiger partial charge in [0, 0.05) is 50.1 Å². The van der Waals surface area contributed by atoms with Crippen LogP contribution in [0.15, 0.2) is 36.4 Å². The van der Waals surface area contributed by atoms with Crippen molar-refractivity contribution in [1.82, 2.24) is 30.9 Å². The lowest BCUT2D eigenvalue weighted by Crippen LogP contribution is -2.69. The molecule has 0 aromatic heterocycles. The van der Waals surface area contributed by atoms with Gasteiger partial charge in [-0.15, -0.1) is 0 Å². The molecule has 6 rings (SSSR count). The fourth-order valence-corrected chi connectivity index (χ4v) is 6.76. The van der Waals surface area contributed by atoms with Crippen molar-refractivity contribution in [3.8, 4) is 0 Å². The molecular weight excluding hydrogens is 480 g/mol. The summed E-state index contributed by atoms with van der Waals surface area (Å²) in [5.74, 6) is -0.00570. The number of piperazine rings is 1. The number of allylic oxidation sites excluding steroid dienone is 1. The minimum absolute atomic E-state index is 0.00233. The molecule has 1 amide bonds. The van der Waals surface area contributed by atoms with Gasteiger partial charge in [0.15, 0.2) is 0 Å². The van der Waals surface area contributed by atoms with Gasteiger partial charge in [0.1, 0.15) is 6.29 Å². The predicted octanol–water partition coefficient (Wildman–Crippen LogP) is 0.897. The quantitative estimate of drug-likeness (QED) is 0.370. The number of hydrazine groups is 1. The van der Waals surface area contributed by atoms with E-state index in [4.69, 9.17) is 0 Å². The number of benzene rings is 1. The van der Waals surface area contributed by atoms with E-state index < -0.39 is 5.60 Å². The predicted molar refractivity (Wildman–Crippen MR) is 149 cm³/mol. The second-order valence-electron chi connectivity index (χ2n) is 11.9. The normalized spacial score (nSPS) is 37.8. The number of aliphatic hydroxyl groups is 1. The second-order valence-corrected chi connectivity index (χ2v) is 11.9. The molecule has 0 saturated carbocycles. The van der Waals surface area contributed by atoms with Crippen molar-refractivity contribution < 1.29 is 9.90 Å². The Hall–Kier alpha value is -2.21. The highest BCUT2D eigenvalue weighted by Gasteiger charge is 2.52. The lowest BCUT2D eigenvalue weighted by Gasteiger charge is -2.47. The van der Waals surface area contributed by atoms with Gasteiger partial charge in [-0.2, -0.15) is 5.01 Å². The van der Waals surface area contributed by atoms with Gasteiger partial charge in [0.2, 0.25) is 5.91 Å². The molecule has 38 heavy (non-hydrogen) atoms. The molecule has 5 aliphatic heterocycles. The number of rotatable bonds is 3. The molecule has 10 heteroatoms. The molecule has 2 bridgehead atoms. The van der Waals surface area contributed by atoms with E-state index in [2.05, 4.69) is 79.5 Å². The third kappa shape index (κ3) is 5.17. The standard InChI is InChI=1S/C28H44N8O2/c1-28(38)12-4-3-5-13-35-26(37)22-19-29-27(32-25(22)36(35)24-11-7-10-23(28)31-24)30-20-8-6-9-21(18-20)34-16-14-33(2)15-17-34/h3,5-6,8-9,18,22-25,27,29-32,38H,4,7,10-17,19H2,1-2H3/b5-3-/t22?,23?,24?,25?,27?,28-/m1/s1. The maximum absolute atomic E-state index is 13.6. The first-order valence-corrected chi connectivity index (χ1v) is 14.4. The molecule has 1 aromatic carbocycles. The van der Waals surface area contributed by atoms with E-state index in [-0.39, 0.29) is 36.5 Å². The highest BCUT2D eigenvalue weighted by molar-refractivity contribution is 5.82. The van der Waals surface area contributed by atoms with E-state index in [0.717, 1.165) is 64.0 Å². The fourth-order valence-electron chi connectivity index (χ4n) is 6.76. The van der Waals surface area contributed by atoms with Crippen LogP contribution in [0.2, 0.25) is 0 Å². The van der Waals surface area contributed by atoms with Gasteiger partial charge in [-0.05, 0) is 64.3 Å². The van der Waals surface area contributed by atoms with E-state index in [1.807, 2.05) is 11.9 Å². The number of nitrogens with zero attached hydrogens (tertiary/aromatic N) is 4. The molecule has 10 nitrogen and oxygen atoms in total. The molecule has 0 spiro atoms. The van der Waals surface area contributed by atoms with Gasteiger partial charge >= 0.3 is 0 Å². The molecule has 1 aromatic rings. The molecule has 5 heterocycles. The number of fused-ring (bicyclic) bond motifs is 6. The summed E-state index contributed by atoms with van der Waals surface area (Å²) in [6, 6.07) is 8.63. The summed E-state index contributed by atoms with van der Waals surface area (Å²) in [6.45, 7) is 7.34. The zero-order valence-corrected chi connectivity index (χ0v) is 22.8. The molecule has 4 saturated heterocycles.